The molecule has 3 unspecified atom stereocenters. The maximum Gasteiger partial charge on any atom is 0.269 e. The van der Waals surface area contributed by atoms with Crippen LogP contribution in [0.4, 0.5) is 4.39 Å². The fourth-order valence-corrected chi connectivity index (χ4v) is 4.63. The number of amides is 3. The van der Waals surface area contributed by atoms with Crippen molar-refractivity contribution in [1.29, 1.82) is 0 Å². The number of allylic oxidation sites excluding steroid dienone is 1. The number of carbonyl (C=O) groups is 3. The van der Waals surface area contributed by atoms with E-state index in [4.69, 9.17) is 5.73 Å². The Kier molecular flexibility index (Phi) is 7.18. The Balaban J connectivity index is 1.37. The van der Waals surface area contributed by atoms with Gasteiger partial charge in [-0.3, -0.25) is 19.1 Å². The summed E-state index contributed by atoms with van der Waals surface area (Å²) >= 11 is 0. The van der Waals surface area contributed by atoms with E-state index in [1.165, 1.54) is 34.5 Å². The highest BCUT2D eigenvalue weighted by Crippen LogP contribution is 2.26. The summed E-state index contributed by atoms with van der Waals surface area (Å²) in [6, 6.07) is 4.10. The predicted octanol–water partition coefficient (Wildman–Crippen LogP) is 2.26. The number of alkyl halides is 1. The van der Waals surface area contributed by atoms with Crippen LogP contribution < -0.4 is 11.1 Å². The minimum atomic E-state index is -1.39. The number of amidine groups is 1. The molecular formula is C25H24FN11O3. The second kappa shape index (κ2) is 10.9. The number of azo groups is 2. The number of fused-ring (bicyclic) bond motifs is 2. The number of rotatable bonds is 8. The van der Waals surface area contributed by atoms with Crippen LogP contribution in [0.5, 0.6) is 0 Å². The van der Waals surface area contributed by atoms with Gasteiger partial charge in [0.1, 0.15) is 25.1 Å². The number of likely N-dealkylation sites (tertiary alicyclic amines) is 1. The van der Waals surface area contributed by atoms with Crippen LogP contribution in [0.25, 0.3) is 16.5 Å². The van der Waals surface area contributed by atoms with Crippen LogP contribution >= 0.6 is 0 Å². The van der Waals surface area contributed by atoms with Crippen LogP contribution in [0.3, 0.4) is 0 Å². The standard InChI is InChI=1S/C25H24FN11O3/c1-3-30-31-8-13(2)14-4-5-18-16(6-14)21(22(27)39)35-37(18)11-20(38)36-10-15(26)7-19(36)25(40)33-23-17-9-32-34-24(17)29-12-28-23/h3-6,8-9,12,15,19,23H,1,7,10-11H2,2H3,(H2,27,39)(H,33,40)/b13-8+,31-30?. The van der Waals surface area contributed by atoms with Crippen molar-refractivity contribution in [3.05, 3.63) is 60.2 Å². The quantitative estimate of drug-likeness (QED) is 0.482. The van der Waals surface area contributed by atoms with Crippen molar-refractivity contribution in [1.82, 2.24) is 20.0 Å². The molecule has 204 valence electrons. The monoisotopic (exact) mass is 545 g/mol. The van der Waals surface area contributed by atoms with Gasteiger partial charge < -0.3 is 16.0 Å². The van der Waals surface area contributed by atoms with Gasteiger partial charge in [0.25, 0.3) is 5.91 Å². The zero-order valence-corrected chi connectivity index (χ0v) is 21.3. The van der Waals surface area contributed by atoms with Gasteiger partial charge >= 0.3 is 0 Å². The number of aliphatic imine (C=N–C) groups is 2. The number of nitrogens with zero attached hydrogens (tertiary/aromatic N) is 9. The Hall–Kier alpha value is -5.21. The van der Waals surface area contributed by atoms with E-state index in [0.717, 1.165) is 11.1 Å². The first-order chi connectivity index (χ1) is 19.3. The summed E-state index contributed by atoms with van der Waals surface area (Å²) < 4.78 is 15.8. The fraction of sp³-hybridized carbons (Fsp3) is 0.280. The first-order valence-corrected chi connectivity index (χ1v) is 12.2. The van der Waals surface area contributed by atoms with Gasteiger partial charge in [-0.1, -0.05) is 12.6 Å². The molecule has 3 atom stereocenters. The van der Waals surface area contributed by atoms with Crippen molar-refractivity contribution in [3.63, 3.8) is 0 Å². The molecule has 1 aromatic heterocycles. The maximum absolute atomic E-state index is 14.5. The number of nitrogens with two attached hydrogens (primary N) is 1. The van der Waals surface area contributed by atoms with Gasteiger partial charge in [0.15, 0.2) is 17.7 Å². The fourth-order valence-electron chi connectivity index (χ4n) is 4.63. The summed E-state index contributed by atoms with van der Waals surface area (Å²) in [6.07, 6.45) is 3.15. The molecule has 2 aromatic rings. The summed E-state index contributed by atoms with van der Waals surface area (Å²) in [5.41, 5.74) is 7.99. The highest BCUT2D eigenvalue weighted by Gasteiger charge is 2.41. The zero-order chi connectivity index (χ0) is 28.4. The zero-order valence-electron chi connectivity index (χ0n) is 21.3. The van der Waals surface area contributed by atoms with Crippen molar-refractivity contribution < 1.29 is 18.8 Å². The first-order valence-electron chi connectivity index (χ1n) is 12.2. The Bertz CT molecular complexity index is 1600. The van der Waals surface area contributed by atoms with E-state index in [-0.39, 0.29) is 25.2 Å². The van der Waals surface area contributed by atoms with Gasteiger partial charge in [-0.15, -0.1) is 5.11 Å². The van der Waals surface area contributed by atoms with Crippen LogP contribution in [0.15, 0.2) is 79.4 Å². The predicted molar refractivity (Wildman–Crippen MR) is 143 cm³/mol. The molecule has 0 saturated carbocycles. The lowest BCUT2D eigenvalue weighted by Gasteiger charge is -2.26. The van der Waals surface area contributed by atoms with E-state index in [1.54, 1.807) is 18.2 Å². The summed E-state index contributed by atoms with van der Waals surface area (Å²) in [5.74, 6) is -1.58. The van der Waals surface area contributed by atoms with Crippen molar-refractivity contribution in [2.24, 2.45) is 36.2 Å². The molecular weight excluding hydrogens is 521 g/mol. The van der Waals surface area contributed by atoms with E-state index < -0.39 is 36.1 Å². The largest absolute Gasteiger partial charge is 0.364 e. The number of primary amides is 1. The normalized spacial score (nSPS) is 22.0. The number of carbonyl (C=O) groups excluding carboxylic acids is 3. The molecule has 5 rings (SSSR count). The van der Waals surface area contributed by atoms with Gasteiger partial charge in [0.2, 0.25) is 11.8 Å². The van der Waals surface area contributed by atoms with E-state index in [9.17, 15) is 18.8 Å². The molecule has 3 aliphatic rings. The lowest BCUT2D eigenvalue weighted by Crippen LogP contribution is -2.50. The molecule has 3 amide bonds. The number of benzene rings is 1. The summed E-state index contributed by atoms with van der Waals surface area (Å²) in [4.78, 5) is 47.9. The van der Waals surface area contributed by atoms with Crippen LogP contribution in [-0.2, 0) is 16.1 Å². The number of aromatic nitrogens is 2. The van der Waals surface area contributed by atoms with Gasteiger partial charge in [0, 0.05) is 18.0 Å². The van der Waals surface area contributed by atoms with Crippen LogP contribution in [-0.4, -0.2) is 69.5 Å². The second-order valence-corrected chi connectivity index (χ2v) is 9.15. The van der Waals surface area contributed by atoms with Gasteiger partial charge in [-0.25, -0.2) is 14.4 Å². The van der Waals surface area contributed by atoms with E-state index in [2.05, 4.69) is 47.4 Å². The molecule has 40 heavy (non-hydrogen) atoms. The van der Waals surface area contributed by atoms with E-state index >= 15 is 0 Å². The lowest BCUT2D eigenvalue weighted by atomic mass is 10.0. The second-order valence-electron chi connectivity index (χ2n) is 9.15. The highest BCUT2D eigenvalue weighted by atomic mass is 19.1. The van der Waals surface area contributed by atoms with Crippen molar-refractivity contribution in [3.8, 4) is 0 Å². The van der Waals surface area contributed by atoms with E-state index in [0.29, 0.717) is 22.3 Å². The van der Waals surface area contributed by atoms with Crippen LogP contribution in [0.2, 0.25) is 0 Å². The molecule has 0 aliphatic carbocycles. The molecule has 14 nitrogen and oxygen atoms in total. The summed E-state index contributed by atoms with van der Waals surface area (Å²) in [7, 11) is 0. The molecule has 1 aromatic carbocycles. The Morgan fingerprint density at radius 2 is 2.12 bits per heavy atom. The molecule has 3 N–H and O–H groups in total. The average molecular weight is 546 g/mol. The third-order valence-corrected chi connectivity index (χ3v) is 6.57. The minimum absolute atomic E-state index is 0.0300. The van der Waals surface area contributed by atoms with Crippen molar-refractivity contribution >= 4 is 46.4 Å². The Morgan fingerprint density at radius 1 is 1.30 bits per heavy atom. The number of hydrogen-bond donors (Lipinski definition) is 2. The molecule has 0 bridgehead atoms. The Morgan fingerprint density at radius 3 is 2.90 bits per heavy atom. The van der Waals surface area contributed by atoms with Crippen LogP contribution in [0.1, 0.15) is 29.4 Å². The number of halogens is 1. The molecule has 0 spiro atoms. The first kappa shape index (κ1) is 26.4. The third-order valence-electron chi connectivity index (χ3n) is 6.57. The van der Waals surface area contributed by atoms with Crippen LogP contribution in [0, 0.1) is 0 Å². The number of nitrogens with one attached hydrogen (secondary N) is 1. The minimum Gasteiger partial charge on any atom is -0.364 e. The van der Waals surface area contributed by atoms with E-state index in [1.807, 2.05) is 6.92 Å². The topological polar surface area (TPSA) is 184 Å². The Labute approximate surface area is 226 Å². The van der Waals surface area contributed by atoms with Gasteiger partial charge in [-0.2, -0.15) is 20.4 Å². The van der Waals surface area contributed by atoms with Crippen molar-refractivity contribution in [2.75, 3.05) is 6.54 Å². The summed E-state index contributed by atoms with van der Waals surface area (Å²) in [6.45, 7) is 4.67. The molecule has 3 aliphatic heterocycles. The van der Waals surface area contributed by atoms with Gasteiger partial charge in [-0.05, 0) is 30.2 Å². The lowest BCUT2D eigenvalue weighted by molar-refractivity contribution is -0.139. The molecule has 0 radical (unpaired) electrons. The smallest absolute Gasteiger partial charge is 0.269 e. The molecule has 4 heterocycles. The molecule has 1 saturated heterocycles. The third kappa shape index (κ3) is 5.08. The SMILES string of the molecule is C=CN=N/C=C(\C)c1ccc2c(c1)c(C(N)=O)nn2CC(=O)N1CC(F)CC1C(=O)NC1N=CN=C2N=NC=C21. The average Bonchev–Trinajstić information content (AvgIpc) is 3.66. The summed E-state index contributed by atoms with van der Waals surface area (Å²) in [5, 5.41) is 22.6. The molecule has 15 heteroatoms. The van der Waals surface area contributed by atoms with Crippen molar-refractivity contribution in [2.45, 2.75) is 38.3 Å². The highest BCUT2D eigenvalue weighted by molar-refractivity contribution is 6.07. The number of hydrogen-bond acceptors (Lipinski definition) is 10. The maximum atomic E-state index is 14.5. The van der Waals surface area contributed by atoms with Gasteiger partial charge in [0.05, 0.1) is 30.0 Å². The molecule has 1 fully saturated rings.